The molecule has 7 heteroatoms. The van der Waals surface area contributed by atoms with Gasteiger partial charge in [0.2, 0.25) is 0 Å². The summed E-state index contributed by atoms with van der Waals surface area (Å²) in [5.41, 5.74) is 3.53. The van der Waals surface area contributed by atoms with Crippen molar-refractivity contribution in [1.82, 2.24) is 0 Å². The van der Waals surface area contributed by atoms with E-state index in [-0.39, 0.29) is 10.8 Å². The maximum absolute atomic E-state index is 11.0. The van der Waals surface area contributed by atoms with Gasteiger partial charge in [0.15, 0.2) is 36.2 Å². The average molecular weight is 747 g/mol. The normalized spacial score (nSPS) is 45.0. The lowest BCUT2D eigenvalue weighted by Crippen LogP contribution is -2.67. The van der Waals surface area contributed by atoms with Crippen LogP contribution in [-0.2, 0) is 8.23 Å². The van der Waals surface area contributed by atoms with Crippen LogP contribution in [0.25, 0.3) is 0 Å². The lowest BCUT2D eigenvalue weighted by molar-refractivity contribution is -0.239. The molecule has 11 atom stereocenters. The molecule has 0 saturated heterocycles. The summed E-state index contributed by atoms with van der Waals surface area (Å²) in [7, 11) is -5.07. The molecule has 2 unspecified atom stereocenters. The number of aliphatic hydroxyl groups is 1. The second kappa shape index (κ2) is 13.1. The van der Waals surface area contributed by atoms with Crippen LogP contribution in [0.1, 0.15) is 140 Å². The first-order chi connectivity index (χ1) is 22.2. The third kappa shape index (κ3) is 6.98. The summed E-state index contributed by atoms with van der Waals surface area (Å²) in [5.74, 6) is 3.44. The highest BCUT2D eigenvalue weighted by Crippen LogP contribution is 2.79. The lowest BCUT2D eigenvalue weighted by atomic mass is 9.32. The number of allylic oxidation sites excluding steroid dienone is 1. The topological polar surface area (TPSA) is 38.7 Å². The number of aliphatic hydroxyl groups excluding tert-OH is 1. The van der Waals surface area contributed by atoms with Gasteiger partial charge in [-0.3, -0.25) is 0 Å². The molecular weight excluding hydrogens is 665 g/mol. The van der Waals surface area contributed by atoms with Gasteiger partial charge in [-0.25, -0.2) is 0 Å². The van der Waals surface area contributed by atoms with Crippen LogP contribution in [-0.4, -0.2) is 47.9 Å². The third-order valence-corrected chi connectivity index (χ3v) is 30.0. The van der Waals surface area contributed by atoms with E-state index in [0.29, 0.717) is 56.2 Å². The second-order valence-electron chi connectivity index (χ2n) is 23.5. The van der Waals surface area contributed by atoms with Gasteiger partial charge in [0.05, 0.1) is 0 Å². The quantitative estimate of drug-likeness (QED) is 0.189. The van der Waals surface area contributed by atoms with Gasteiger partial charge in [-0.05, 0) is 176 Å². The highest BCUT2D eigenvalue weighted by molar-refractivity contribution is 6.78. The average Bonchev–Trinajstić information content (AvgIpc) is 3.35. The SMILES string of the molecule is C=C(C)[C@@H]1CC[C@]2(CO)CC[C@]3(C)[C@H](CC[C@@H]4[C@@]5(C)CCC([Si](C)(C)O[SiH2]C(C)(C)C)C(C)(C[Si](C)(C)O[SiH2]C(C)(C)C)[C@@H]5CC[C@]43C)[C@@H]12. The van der Waals surface area contributed by atoms with Crippen LogP contribution in [0.15, 0.2) is 12.2 Å². The predicted molar refractivity (Wildman–Crippen MR) is 223 cm³/mol. The van der Waals surface area contributed by atoms with Crippen molar-refractivity contribution in [3.8, 4) is 0 Å². The molecular formula is C42H82O3Si4. The van der Waals surface area contributed by atoms with E-state index in [9.17, 15) is 5.11 Å². The van der Waals surface area contributed by atoms with Gasteiger partial charge in [-0.15, -0.1) is 0 Å². The fourth-order valence-corrected chi connectivity index (χ4v) is 27.6. The smallest absolute Gasteiger partial charge is 0.176 e. The molecule has 5 aliphatic carbocycles. The summed E-state index contributed by atoms with van der Waals surface area (Å²) in [5, 5.41) is 11.6. The van der Waals surface area contributed by atoms with Gasteiger partial charge in [0.25, 0.3) is 0 Å². The molecule has 0 radical (unpaired) electrons. The van der Waals surface area contributed by atoms with E-state index in [1.807, 2.05) is 0 Å². The molecule has 0 aliphatic heterocycles. The van der Waals surface area contributed by atoms with Crippen LogP contribution < -0.4 is 0 Å². The third-order valence-electron chi connectivity index (χ3n) is 16.8. The minimum atomic E-state index is -1.96. The molecule has 284 valence electrons. The van der Waals surface area contributed by atoms with Crippen molar-refractivity contribution in [2.24, 2.45) is 56.7 Å². The minimum Gasteiger partial charge on any atom is -0.460 e. The molecule has 1 N–H and O–H groups in total. The fourth-order valence-electron chi connectivity index (χ4n) is 14.7. The Hall–Kier alpha value is 0.488. The zero-order chi connectivity index (χ0) is 36.9. The zero-order valence-corrected chi connectivity index (χ0v) is 40.2. The molecule has 5 fully saturated rings. The van der Waals surface area contributed by atoms with Gasteiger partial charge in [0.1, 0.15) is 0 Å². The maximum atomic E-state index is 11.0. The maximum Gasteiger partial charge on any atom is 0.176 e. The van der Waals surface area contributed by atoms with Crippen LogP contribution in [0.2, 0.25) is 47.8 Å². The molecule has 0 spiro atoms. The summed E-state index contributed by atoms with van der Waals surface area (Å²) in [6.07, 6.45) is 13.2. The molecule has 0 aromatic rings. The van der Waals surface area contributed by atoms with Crippen LogP contribution in [0.3, 0.4) is 0 Å². The molecule has 5 aliphatic rings. The van der Waals surface area contributed by atoms with Crippen LogP contribution in [0, 0.1) is 56.7 Å². The van der Waals surface area contributed by atoms with Crippen molar-refractivity contribution in [2.45, 2.75) is 188 Å². The van der Waals surface area contributed by atoms with Crippen molar-refractivity contribution in [3.63, 3.8) is 0 Å². The molecule has 0 aromatic carbocycles. The standard InChI is InChI=1S/C42H82O3Si4/c1-29(2)30-19-24-42(27-43)26-25-40(11)31(35(30)42)17-18-33-38(9)22-21-34(49(15,16)45-47-37(6,7)8)39(10,32(38)20-23-41(33,40)12)28-48(13,14)44-46-36(3,4)5/h30-35,43H,1,17-28,46-47H2,2-16H3/t30-,31+,32+,33+,34?,35+,38-,39?,40+,41+,42+/m0/s1. The first kappa shape index (κ1) is 40.7. The molecule has 0 heterocycles. The molecule has 0 bridgehead atoms. The van der Waals surface area contributed by atoms with Crippen LogP contribution in [0.5, 0.6) is 0 Å². The van der Waals surface area contributed by atoms with Crippen molar-refractivity contribution in [3.05, 3.63) is 12.2 Å². The minimum absolute atomic E-state index is 0.133. The Kier molecular flexibility index (Phi) is 10.8. The van der Waals surface area contributed by atoms with E-state index in [2.05, 4.69) is 109 Å². The number of hydrogen-bond donors (Lipinski definition) is 1. The van der Waals surface area contributed by atoms with E-state index in [1.54, 1.807) is 0 Å². The Labute approximate surface area is 311 Å². The Bertz CT molecular complexity index is 1240. The highest BCUT2D eigenvalue weighted by atomic mass is 28.4. The van der Waals surface area contributed by atoms with E-state index in [1.165, 1.54) is 75.8 Å². The second-order valence-corrected chi connectivity index (χ2v) is 38.4. The summed E-state index contributed by atoms with van der Waals surface area (Å²) in [4.78, 5) is 0. The number of hydrogen-bond acceptors (Lipinski definition) is 3. The molecule has 0 amide bonds. The van der Waals surface area contributed by atoms with E-state index in [0.717, 1.165) is 11.8 Å². The monoisotopic (exact) mass is 747 g/mol. The summed E-state index contributed by atoms with van der Waals surface area (Å²) < 4.78 is 14.5. The van der Waals surface area contributed by atoms with Crippen molar-refractivity contribution >= 4 is 36.2 Å². The van der Waals surface area contributed by atoms with Crippen molar-refractivity contribution < 1.29 is 13.3 Å². The predicted octanol–water partition coefficient (Wildman–Crippen LogP) is 11.0. The first-order valence-corrected chi connectivity index (χ1v) is 29.4. The molecule has 3 nitrogen and oxygen atoms in total. The van der Waals surface area contributed by atoms with Crippen LogP contribution >= 0.6 is 0 Å². The summed E-state index contributed by atoms with van der Waals surface area (Å²) >= 11 is 0. The van der Waals surface area contributed by atoms with E-state index >= 15 is 0 Å². The lowest BCUT2D eigenvalue weighted by Gasteiger charge is -2.74. The van der Waals surface area contributed by atoms with Gasteiger partial charge in [-0.1, -0.05) is 81.4 Å². The summed E-state index contributed by atoms with van der Waals surface area (Å²) in [6, 6.07) is 1.30. The number of rotatable bonds is 9. The zero-order valence-electron chi connectivity index (χ0n) is 35.3. The fraction of sp³-hybridized carbons (Fsp3) is 0.952. The Morgan fingerprint density at radius 3 is 1.94 bits per heavy atom. The Balaban J connectivity index is 1.53. The Morgan fingerprint density at radius 1 is 0.755 bits per heavy atom. The molecule has 5 saturated carbocycles. The van der Waals surface area contributed by atoms with Gasteiger partial charge in [-0.2, -0.15) is 0 Å². The highest BCUT2D eigenvalue weighted by Gasteiger charge is 2.72. The molecule has 49 heavy (non-hydrogen) atoms. The van der Waals surface area contributed by atoms with Gasteiger partial charge < -0.3 is 13.3 Å². The van der Waals surface area contributed by atoms with Crippen molar-refractivity contribution in [1.29, 1.82) is 0 Å². The molecule has 0 aromatic heterocycles. The number of fused-ring (bicyclic) bond motifs is 7. The van der Waals surface area contributed by atoms with Crippen molar-refractivity contribution in [2.75, 3.05) is 6.61 Å². The van der Waals surface area contributed by atoms with Crippen LogP contribution in [0.4, 0.5) is 0 Å². The first-order valence-electron chi connectivity index (χ1n) is 20.7. The Morgan fingerprint density at radius 2 is 1.37 bits per heavy atom. The van der Waals surface area contributed by atoms with E-state index in [4.69, 9.17) is 8.23 Å². The van der Waals surface area contributed by atoms with Gasteiger partial charge in [0, 0.05) is 6.61 Å². The molecule has 5 rings (SSSR count). The van der Waals surface area contributed by atoms with Gasteiger partial charge >= 0.3 is 0 Å². The van der Waals surface area contributed by atoms with E-state index < -0.39 is 36.2 Å². The summed E-state index contributed by atoms with van der Waals surface area (Å²) in [6.45, 7) is 43.2. The largest absolute Gasteiger partial charge is 0.460 e.